The number of carbonyl (C=O) groups excluding carboxylic acids is 2. The largest absolute Gasteiger partial charge is 0.433 e. The lowest BCUT2D eigenvalue weighted by Crippen LogP contribution is -2.46. The van der Waals surface area contributed by atoms with Gasteiger partial charge in [-0.1, -0.05) is 47.2 Å². The van der Waals surface area contributed by atoms with Gasteiger partial charge in [-0.25, -0.2) is 9.58 Å². The van der Waals surface area contributed by atoms with Gasteiger partial charge in [0.25, 0.3) is 5.71 Å². The Balaban J connectivity index is 1.35. The molecule has 6 aromatic rings. The number of nitrogens with zero attached hydrogens (tertiary/aromatic N) is 5. The number of hydrogen-bond donors (Lipinski definition) is 0. The summed E-state index contributed by atoms with van der Waals surface area (Å²) in [5.74, 6) is -0.426. The third kappa shape index (κ3) is 5.59. The zero-order valence-electron chi connectivity index (χ0n) is 31.1. The molecule has 1 aliphatic carbocycles. The fourth-order valence-corrected chi connectivity index (χ4v) is 7.64. The van der Waals surface area contributed by atoms with E-state index in [0.29, 0.717) is 55.3 Å². The maximum atomic E-state index is 15.0. The van der Waals surface area contributed by atoms with Gasteiger partial charge in [0.15, 0.2) is 30.6 Å². The number of carbonyl (C=O) groups is 2. The molecule has 0 amide bonds. The number of aryl methyl sites for hydroxylation is 1. The average Bonchev–Trinajstić information content (AvgIpc) is 3.93. The monoisotopic (exact) mass is 725 g/mol. The van der Waals surface area contributed by atoms with E-state index >= 15 is 0 Å². The molecule has 0 atom stereocenters. The molecule has 0 radical (unpaired) electrons. The number of pyridine rings is 1. The van der Waals surface area contributed by atoms with Gasteiger partial charge < -0.3 is 18.3 Å². The van der Waals surface area contributed by atoms with Crippen molar-refractivity contribution in [2.45, 2.75) is 47.0 Å². The quantitative estimate of drug-likeness (QED) is 0.0972. The summed E-state index contributed by atoms with van der Waals surface area (Å²) in [7, 11) is 1.99. The molecule has 0 fully saturated rings. The Hall–Kier alpha value is -6.04. The molecule has 0 bridgehead atoms. The maximum absolute atomic E-state index is 15.0. The molecule has 1 aliphatic heterocycles. The summed E-state index contributed by atoms with van der Waals surface area (Å²) in [6.45, 7) is 9.92. The minimum Gasteiger partial charge on any atom is -0.433 e. The van der Waals surface area contributed by atoms with Crippen molar-refractivity contribution >= 4 is 46.0 Å². The van der Waals surface area contributed by atoms with Gasteiger partial charge in [-0.15, -0.1) is 4.68 Å². The number of para-hydroxylation sites is 2. The summed E-state index contributed by atoms with van der Waals surface area (Å²) in [5, 5.41) is 4.54. The van der Waals surface area contributed by atoms with E-state index in [0.717, 1.165) is 28.5 Å². The Bertz CT molecular complexity index is 2430. The summed E-state index contributed by atoms with van der Waals surface area (Å²) in [6.07, 6.45) is 7.67. The molecule has 2 aliphatic rings. The molecule has 11 heteroatoms. The van der Waals surface area contributed by atoms with E-state index in [9.17, 15) is 9.59 Å². The van der Waals surface area contributed by atoms with Crippen LogP contribution in [0.5, 0.6) is 0 Å². The molecule has 11 nitrogen and oxygen atoms in total. The van der Waals surface area contributed by atoms with Crippen LogP contribution in [0.25, 0.3) is 28.6 Å². The third-order valence-corrected chi connectivity index (χ3v) is 9.93. The number of fused-ring (bicyclic) bond motifs is 6. The Kier molecular flexibility index (Phi) is 9.35. The fraction of sp³-hybridized carbons (Fsp3) is 0.256. The topological polar surface area (TPSA) is 98.0 Å². The molecule has 0 saturated heterocycles. The SMILES string of the molecule is CCOC(Cc1c2c3c(oc2n(-c2ccccc2)[n+]1CC)C(=O)c1c(oc2c1/C(=C/C=C/c1cccc[n+]1C)N(CC)N2c1ccccc1)C3=O)OCC. The van der Waals surface area contributed by atoms with Gasteiger partial charge in [-0.05, 0) is 64.1 Å². The van der Waals surface area contributed by atoms with E-state index in [1.165, 1.54) is 0 Å². The van der Waals surface area contributed by atoms with Crippen molar-refractivity contribution in [2.75, 3.05) is 24.8 Å². The van der Waals surface area contributed by atoms with Crippen molar-refractivity contribution in [3.8, 4) is 5.69 Å². The first-order valence-corrected chi connectivity index (χ1v) is 18.5. The Morgan fingerprint density at radius 2 is 1.43 bits per heavy atom. The molecule has 0 spiro atoms. The Morgan fingerprint density at radius 3 is 2.07 bits per heavy atom. The molecule has 8 rings (SSSR count). The number of hydrazine groups is 1. The standard InChI is InChI=1S/C43H43N5O6/c1-6-45-31(25-18-24-28-19-16-17-26-44(28)5)34-36-38(49)41-37(39(50)40(36)53-42(34)47(45)29-20-12-10-13-21-29)35-32(27-33(51-8-3)52-9-4)46(7-2)48(43(35)54-41)30-22-14-11-15-23-30/h10-26,33H,6-9,27H2,1-5H3/q+2. The lowest BCUT2D eigenvalue weighted by molar-refractivity contribution is -0.768. The normalized spacial score (nSPS) is 14.7. The summed E-state index contributed by atoms with van der Waals surface area (Å²) in [6, 6.07) is 25.6. The van der Waals surface area contributed by atoms with Crippen LogP contribution in [0.15, 0.2) is 106 Å². The highest BCUT2D eigenvalue weighted by Crippen LogP contribution is 2.51. The van der Waals surface area contributed by atoms with Gasteiger partial charge in [0.2, 0.25) is 28.8 Å². The molecule has 0 unspecified atom stereocenters. The summed E-state index contributed by atoms with van der Waals surface area (Å²) < 4.78 is 31.2. The second-order valence-corrected chi connectivity index (χ2v) is 13.0. The van der Waals surface area contributed by atoms with Gasteiger partial charge in [-0.2, -0.15) is 0 Å². The number of ether oxygens (including phenoxy) is 2. The van der Waals surface area contributed by atoms with Gasteiger partial charge in [0.1, 0.15) is 18.1 Å². The highest BCUT2D eigenvalue weighted by Gasteiger charge is 2.49. The number of benzene rings is 2. The molecule has 0 N–H and O–H groups in total. The molecule has 4 aromatic heterocycles. The highest BCUT2D eigenvalue weighted by atomic mass is 16.7. The van der Waals surface area contributed by atoms with Crippen molar-refractivity contribution in [1.82, 2.24) is 9.69 Å². The van der Waals surface area contributed by atoms with Crippen molar-refractivity contribution in [3.05, 3.63) is 137 Å². The first-order valence-electron chi connectivity index (χ1n) is 18.5. The molecule has 54 heavy (non-hydrogen) atoms. The van der Waals surface area contributed by atoms with E-state index in [-0.39, 0.29) is 22.6 Å². The summed E-state index contributed by atoms with van der Waals surface area (Å²) in [4.78, 5) is 29.9. The first-order chi connectivity index (χ1) is 26.4. The van der Waals surface area contributed by atoms with E-state index in [4.69, 9.17) is 18.3 Å². The van der Waals surface area contributed by atoms with Crippen molar-refractivity contribution in [3.63, 3.8) is 0 Å². The number of rotatable bonds is 12. The van der Waals surface area contributed by atoms with Crippen LogP contribution in [-0.2, 0) is 29.5 Å². The maximum Gasteiger partial charge on any atom is 0.272 e. The van der Waals surface area contributed by atoms with Gasteiger partial charge in [0, 0.05) is 38.0 Å². The van der Waals surface area contributed by atoms with Crippen LogP contribution in [0, 0.1) is 0 Å². The number of hydrogen-bond acceptors (Lipinski definition) is 8. The van der Waals surface area contributed by atoms with Gasteiger partial charge >= 0.3 is 0 Å². The van der Waals surface area contributed by atoms with Crippen LogP contribution in [0.2, 0.25) is 0 Å². The first kappa shape index (κ1) is 35.0. The van der Waals surface area contributed by atoms with Crippen LogP contribution in [0.4, 0.5) is 11.6 Å². The number of aromatic nitrogens is 3. The minimum atomic E-state index is -0.575. The number of furan rings is 2. The number of anilines is 2. The fourth-order valence-electron chi connectivity index (χ4n) is 7.64. The lowest BCUT2D eigenvalue weighted by atomic mass is 9.89. The third-order valence-electron chi connectivity index (χ3n) is 9.93. The zero-order valence-corrected chi connectivity index (χ0v) is 31.1. The smallest absolute Gasteiger partial charge is 0.272 e. The second-order valence-electron chi connectivity index (χ2n) is 13.0. The number of allylic oxidation sites excluding steroid dienone is 2. The van der Waals surface area contributed by atoms with Crippen molar-refractivity contribution < 1.29 is 37.1 Å². The molecule has 0 saturated carbocycles. The summed E-state index contributed by atoms with van der Waals surface area (Å²) >= 11 is 0. The van der Waals surface area contributed by atoms with Gasteiger partial charge in [0.05, 0.1) is 34.5 Å². The zero-order chi connectivity index (χ0) is 37.5. The highest BCUT2D eigenvalue weighted by molar-refractivity contribution is 6.32. The van der Waals surface area contributed by atoms with E-state index in [1.54, 1.807) is 0 Å². The van der Waals surface area contributed by atoms with E-state index < -0.39 is 17.9 Å². The van der Waals surface area contributed by atoms with Crippen LogP contribution in [0.1, 0.15) is 76.9 Å². The van der Waals surface area contributed by atoms with Crippen LogP contribution < -0.4 is 14.3 Å². The van der Waals surface area contributed by atoms with E-state index in [1.807, 2.05) is 152 Å². The summed E-state index contributed by atoms with van der Waals surface area (Å²) in [5.41, 5.74) is 5.47. The Labute approximate surface area is 313 Å². The molecule has 5 heterocycles. The van der Waals surface area contributed by atoms with E-state index in [2.05, 4.69) is 9.69 Å². The molecule has 274 valence electrons. The van der Waals surface area contributed by atoms with Crippen LogP contribution in [0.3, 0.4) is 0 Å². The predicted octanol–water partition coefficient (Wildman–Crippen LogP) is 7.11. The number of ketones is 2. The predicted molar refractivity (Wildman–Crippen MR) is 203 cm³/mol. The van der Waals surface area contributed by atoms with Crippen LogP contribution >= 0.6 is 0 Å². The van der Waals surface area contributed by atoms with Gasteiger partial charge in [-0.3, -0.25) is 14.6 Å². The second kappa shape index (κ2) is 14.4. The molecule has 2 aromatic carbocycles. The van der Waals surface area contributed by atoms with Crippen LogP contribution in [-0.4, -0.2) is 47.3 Å². The Morgan fingerprint density at radius 1 is 0.778 bits per heavy atom. The van der Waals surface area contributed by atoms with Crippen molar-refractivity contribution in [2.24, 2.45) is 7.05 Å². The average molecular weight is 726 g/mol. The molecular formula is C43H43N5O6+2. The minimum absolute atomic E-state index is 0.00570. The lowest BCUT2D eigenvalue weighted by Gasteiger charge is -2.30. The molecular weight excluding hydrogens is 683 g/mol. The van der Waals surface area contributed by atoms with Crippen molar-refractivity contribution in [1.29, 1.82) is 0 Å².